The largest absolute Gasteiger partial charge is 0.307 e. The molecule has 68 heavy (non-hydrogen) atoms. The van der Waals surface area contributed by atoms with E-state index in [2.05, 4.69) is 161 Å². The SMILES string of the molecule is c1ccc(-c2ccc(-c3cc(-c4cccc(-n5c6ccccc6c6ccc7c8ccccc8n(-c8nc(-c9ccccc9)nc(-c9ccccc9)n8)c7c65)c4)nc(-c4ccccc4)n3)cc2)cc1. The predicted octanol–water partition coefficient (Wildman–Crippen LogP) is 14.9. The van der Waals surface area contributed by atoms with Crippen LogP contribution in [0.15, 0.2) is 237 Å². The molecule has 0 unspecified atom stereocenters. The van der Waals surface area contributed by atoms with E-state index in [1.807, 2.05) is 84.9 Å². The molecule has 0 bridgehead atoms. The first-order valence-corrected chi connectivity index (χ1v) is 22.8. The summed E-state index contributed by atoms with van der Waals surface area (Å²) in [6.45, 7) is 0. The number of hydrogen-bond donors (Lipinski definition) is 0. The zero-order valence-electron chi connectivity index (χ0n) is 36.6. The fourth-order valence-corrected chi connectivity index (χ4v) is 9.60. The van der Waals surface area contributed by atoms with Gasteiger partial charge in [0, 0.05) is 55.0 Å². The number of hydrogen-bond acceptors (Lipinski definition) is 5. The van der Waals surface area contributed by atoms with E-state index in [-0.39, 0.29) is 0 Å². The number of rotatable bonds is 8. The highest BCUT2D eigenvalue weighted by atomic mass is 15.2. The van der Waals surface area contributed by atoms with Crippen molar-refractivity contribution in [2.75, 3.05) is 0 Å². The lowest BCUT2D eigenvalue weighted by Gasteiger charge is -2.14. The van der Waals surface area contributed by atoms with Gasteiger partial charge >= 0.3 is 0 Å². The van der Waals surface area contributed by atoms with Crippen LogP contribution < -0.4 is 0 Å². The minimum absolute atomic E-state index is 0.542. The van der Waals surface area contributed by atoms with Crippen LogP contribution in [0.25, 0.3) is 123 Å². The third-order valence-corrected chi connectivity index (χ3v) is 12.8. The van der Waals surface area contributed by atoms with Crippen molar-refractivity contribution in [2.45, 2.75) is 0 Å². The van der Waals surface area contributed by atoms with Gasteiger partial charge in [-0.3, -0.25) is 4.57 Å². The first-order valence-electron chi connectivity index (χ1n) is 22.8. The van der Waals surface area contributed by atoms with Crippen LogP contribution in [0, 0.1) is 0 Å². The van der Waals surface area contributed by atoms with Crippen LogP contribution in [0.2, 0.25) is 0 Å². The minimum atomic E-state index is 0.542. The first-order chi connectivity index (χ1) is 33.7. The summed E-state index contributed by atoms with van der Waals surface area (Å²) in [4.78, 5) is 26.1. The summed E-state index contributed by atoms with van der Waals surface area (Å²) in [6, 6.07) is 82.2. The molecule has 0 aliphatic rings. The van der Waals surface area contributed by atoms with Crippen LogP contribution in [-0.2, 0) is 0 Å². The number of para-hydroxylation sites is 2. The van der Waals surface area contributed by atoms with E-state index in [0.29, 0.717) is 23.4 Å². The molecule has 4 heterocycles. The van der Waals surface area contributed by atoms with Gasteiger partial charge < -0.3 is 4.57 Å². The lowest BCUT2D eigenvalue weighted by molar-refractivity contribution is 0.953. The Morgan fingerprint density at radius 1 is 0.250 bits per heavy atom. The second-order valence-corrected chi connectivity index (χ2v) is 16.9. The van der Waals surface area contributed by atoms with Gasteiger partial charge in [-0.15, -0.1) is 0 Å². The van der Waals surface area contributed by atoms with Crippen molar-refractivity contribution in [2.24, 2.45) is 0 Å². The maximum Gasteiger partial charge on any atom is 0.238 e. The molecule has 9 aromatic carbocycles. The van der Waals surface area contributed by atoms with E-state index in [1.54, 1.807) is 0 Å². The minimum Gasteiger partial charge on any atom is -0.307 e. The highest BCUT2D eigenvalue weighted by Gasteiger charge is 2.24. The fourth-order valence-electron chi connectivity index (χ4n) is 9.60. The number of fused-ring (bicyclic) bond motifs is 7. The summed E-state index contributed by atoms with van der Waals surface area (Å²) < 4.78 is 4.63. The Morgan fingerprint density at radius 3 is 1.22 bits per heavy atom. The van der Waals surface area contributed by atoms with Gasteiger partial charge in [0.05, 0.1) is 33.5 Å². The molecule has 13 aromatic rings. The van der Waals surface area contributed by atoms with Crippen molar-refractivity contribution in [3.05, 3.63) is 237 Å². The van der Waals surface area contributed by atoms with Gasteiger partial charge in [0.25, 0.3) is 0 Å². The molecule has 0 amide bonds. The Labute approximate surface area is 392 Å². The zero-order valence-corrected chi connectivity index (χ0v) is 36.6. The highest BCUT2D eigenvalue weighted by Crippen LogP contribution is 2.42. The lowest BCUT2D eigenvalue weighted by Crippen LogP contribution is -2.07. The molecule has 0 atom stereocenters. The number of nitrogens with zero attached hydrogens (tertiary/aromatic N) is 7. The molecule has 4 aromatic heterocycles. The first kappa shape index (κ1) is 39.1. The second-order valence-electron chi connectivity index (χ2n) is 16.9. The maximum absolute atomic E-state index is 5.29. The molecule has 13 rings (SSSR count). The van der Waals surface area contributed by atoms with Gasteiger partial charge in [0.2, 0.25) is 5.95 Å². The molecule has 7 heteroatoms. The van der Waals surface area contributed by atoms with Crippen molar-refractivity contribution in [1.29, 1.82) is 0 Å². The average molecular weight is 870 g/mol. The molecular formula is C61H39N7. The van der Waals surface area contributed by atoms with Crippen molar-refractivity contribution in [3.8, 4) is 79.4 Å². The van der Waals surface area contributed by atoms with Crippen molar-refractivity contribution < 1.29 is 0 Å². The molecule has 0 fully saturated rings. The van der Waals surface area contributed by atoms with Gasteiger partial charge in [-0.05, 0) is 41.5 Å². The van der Waals surface area contributed by atoms with E-state index < -0.39 is 0 Å². The van der Waals surface area contributed by atoms with E-state index in [1.165, 1.54) is 5.56 Å². The molecule has 0 saturated carbocycles. The maximum atomic E-state index is 5.29. The van der Waals surface area contributed by atoms with Gasteiger partial charge in [-0.25, -0.2) is 15.0 Å². The monoisotopic (exact) mass is 869 g/mol. The summed E-state index contributed by atoms with van der Waals surface area (Å²) in [7, 11) is 0. The smallest absolute Gasteiger partial charge is 0.238 e. The Kier molecular flexibility index (Phi) is 9.35. The normalized spacial score (nSPS) is 11.5. The Hall–Kier alpha value is -9.33. The van der Waals surface area contributed by atoms with Crippen LogP contribution in [0.1, 0.15) is 0 Å². The highest BCUT2D eigenvalue weighted by molar-refractivity contribution is 6.23. The average Bonchev–Trinajstić information content (AvgIpc) is 3.95. The van der Waals surface area contributed by atoms with Gasteiger partial charge in [0.1, 0.15) is 0 Å². The Bertz CT molecular complexity index is 3940. The Balaban J connectivity index is 1.05. The predicted molar refractivity (Wildman–Crippen MR) is 277 cm³/mol. The molecule has 0 aliphatic carbocycles. The van der Waals surface area contributed by atoms with E-state index in [9.17, 15) is 0 Å². The second kappa shape index (κ2) is 16.3. The zero-order chi connectivity index (χ0) is 45.0. The van der Waals surface area contributed by atoms with Crippen molar-refractivity contribution in [1.82, 2.24) is 34.1 Å². The molecule has 0 radical (unpaired) electrons. The van der Waals surface area contributed by atoms with Crippen LogP contribution in [0.3, 0.4) is 0 Å². The van der Waals surface area contributed by atoms with Crippen LogP contribution in [0.5, 0.6) is 0 Å². The third kappa shape index (κ3) is 6.72. The molecule has 0 spiro atoms. The van der Waals surface area contributed by atoms with Gasteiger partial charge in [-0.2, -0.15) is 9.97 Å². The lowest BCUT2D eigenvalue weighted by atomic mass is 10.0. The molecule has 318 valence electrons. The number of aromatic nitrogens is 7. The molecule has 0 aliphatic heterocycles. The fraction of sp³-hybridized carbons (Fsp3) is 0. The van der Waals surface area contributed by atoms with E-state index >= 15 is 0 Å². The third-order valence-electron chi connectivity index (χ3n) is 12.8. The Morgan fingerprint density at radius 2 is 0.662 bits per heavy atom. The van der Waals surface area contributed by atoms with Crippen LogP contribution in [-0.4, -0.2) is 34.1 Å². The van der Waals surface area contributed by atoms with Crippen LogP contribution >= 0.6 is 0 Å². The van der Waals surface area contributed by atoms with E-state index in [0.717, 1.165) is 94.1 Å². The van der Waals surface area contributed by atoms with Gasteiger partial charge in [0.15, 0.2) is 17.5 Å². The van der Waals surface area contributed by atoms with Crippen molar-refractivity contribution >= 4 is 43.6 Å². The van der Waals surface area contributed by atoms with E-state index in [4.69, 9.17) is 24.9 Å². The summed E-state index contributed by atoms with van der Waals surface area (Å²) in [5, 5.41) is 4.48. The molecular weight excluding hydrogens is 831 g/mol. The molecule has 0 N–H and O–H groups in total. The summed E-state index contributed by atoms with van der Waals surface area (Å²) >= 11 is 0. The number of benzene rings is 9. The van der Waals surface area contributed by atoms with Crippen molar-refractivity contribution in [3.63, 3.8) is 0 Å². The molecule has 0 saturated heterocycles. The standard InChI is InChI=1S/C61H39N7/c1-5-18-40(19-6-1)41-32-34-42(35-33-41)52-39-53(63-58(62-52)43-20-7-2-8-21-43)46-26-17-27-47(38-46)67-54-30-15-13-28-48(54)50-36-37-51-49-29-14-16-31-55(49)68(57(51)56(50)67)61-65-59(44-22-9-3-10-23-44)64-60(66-61)45-24-11-4-12-25-45/h1-39H. The molecule has 7 nitrogen and oxygen atoms in total. The van der Waals surface area contributed by atoms with Gasteiger partial charge in [-0.1, -0.05) is 206 Å². The summed E-state index contributed by atoms with van der Waals surface area (Å²) in [5.41, 5.74) is 13.9. The summed E-state index contributed by atoms with van der Waals surface area (Å²) in [5.74, 6) is 2.42. The summed E-state index contributed by atoms with van der Waals surface area (Å²) in [6.07, 6.45) is 0. The topological polar surface area (TPSA) is 74.3 Å². The van der Waals surface area contributed by atoms with Crippen LogP contribution in [0.4, 0.5) is 0 Å². The quantitative estimate of drug-likeness (QED) is 0.152.